The summed E-state index contributed by atoms with van der Waals surface area (Å²) in [6.07, 6.45) is 0. The number of hydrogen-bond acceptors (Lipinski definition) is 3. The first kappa shape index (κ1) is 14.2. The Labute approximate surface area is 122 Å². The molecule has 0 N–H and O–H groups in total. The van der Waals surface area contributed by atoms with Crippen LogP contribution in [-0.2, 0) is 0 Å². The van der Waals surface area contributed by atoms with Crippen LogP contribution in [0.15, 0.2) is 23.6 Å². The fraction of sp³-hybridized carbons (Fsp3) is 0.333. The quantitative estimate of drug-likeness (QED) is 0.761. The Hall–Kier alpha value is -1.19. The van der Waals surface area contributed by atoms with Gasteiger partial charge in [-0.3, -0.25) is 0 Å². The van der Waals surface area contributed by atoms with E-state index in [1.807, 2.05) is 25.3 Å². The molecular weight excluding hydrogens is 280 g/mol. The van der Waals surface area contributed by atoms with Gasteiger partial charge >= 0.3 is 0 Å². The van der Waals surface area contributed by atoms with Crippen LogP contribution in [0.1, 0.15) is 26.9 Å². The molecule has 0 bridgehead atoms. The SMILES string of the molecule is COc1csc(C(Cl)c2cc(C)c(OC)c(C)c2)c1. The zero-order valence-electron chi connectivity index (χ0n) is 11.5. The molecule has 0 fully saturated rings. The molecule has 0 saturated heterocycles. The standard InChI is InChI=1S/C15H17ClO2S/c1-9-5-11(6-10(2)15(9)18-4)14(16)13-7-12(17-3)8-19-13/h5-8,14H,1-4H3. The van der Waals surface area contributed by atoms with Crippen molar-refractivity contribution in [3.05, 3.63) is 45.1 Å². The Kier molecular flexibility index (Phi) is 4.38. The first-order valence-corrected chi connectivity index (χ1v) is 7.30. The molecule has 4 heteroatoms. The second-order valence-corrected chi connectivity index (χ2v) is 5.82. The zero-order valence-corrected chi connectivity index (χ0v) is 13.1. The summed E-state index contributed by atoms with van der Waals surface area (Å²) in [5.74, 6) is 1.78. The van der Waals surface area contributed by atoms with Crippen molar-refractivity contribution in [1.82, 2.24) is 0 Å². The second-order valence-electron chi connectivity index (χ2n) is 4.44. The number of benzene rings is 1. The fourth-order valence-electron chi connectivity index (χ4n) is 2.19. The van der Waals surface area contributed by atoms with Crippen LogP contribution in [0.3, 0.4) is 0 Å². The molecular formula is C15H17ClO2S. The molecule has 0 aliphatic heterocycles. The summed E-state index contributed by atoms with van der Waals surface area (Å²) in [7, 11) is 3.36. The highest BCUT2D eigenvalue weighted by Crippen LogP contribution is 2.37. The van der Waals surface area contributed by atoms with Crippen LogP contribution < -0.4 is 9.47 Å². The first-order valence-electron chi connectivity index (χ1n) is 5.98. The van der Waals surface area contributed by atoms with Crippen LogP contribution in [0.25, 0.3) is 0 Å². The van der Waals surface area contributed by atoms with Gasteiger partial charge in [-0.15, -0.1) is 22.9 Å². The molecule has 0 aliphatic rings. The minimum absolute atomic E-state index is 0.155. The summed E-state index contributed by atoms with van der Waals surface area (Å²) in [6, 6.07) is 6.14. The second kappa shape index (κ2) is 5.85. The summed E-state index contributed by atoms with van der Waals surface area (Å²) in [5.41, 5.74) is 3.29. The van der Waals surface area contributed by atoms with Gasteiger partial charge in [-0.1, -0.05) is 12.1 Å². The van der Waals surface area contributed by atoms with Gasteiger partial charge in [-0.25, -0.2) is 0 Å². The van der Waals surface area contributed by atoms with Crippen LogP contribution in [0, 0.1) is 13.8 Å². The Balaban J connectivity index is 2.36. The van der Waals surface area contributed by atoms with E-state index >= 15 is 0 Å². The largest absolute Gasteiger partial charge is 0.496 e. The molecule has 2 aromatic rings. The first-order chi connectivity index (χ1) is 9.06. The Morgan fingerprint density at radius 3 is 2.16 bits per heavy atom. The molecule has 19 heavy (non-hydrogen) atoms. The Morgan fingerprint density at radius 2 is 1.68 bits per heavy atom. The van der Waals surface area contributed by atoms with E-state index in [-0.39, 0.29) is 5.38 Å². The number of ether oxygens (including phenoxy) is 2. The molecule has 0 amide bonds. The van der Waals surface area contributed by atoms with E-state index in [1.54, 1.807) is 25.6 Å². The molecule has 1 unspecified atom stereocenters. The number of alkyl halides is 1. The third-order valence-corrected chi connectivity index (χ3v) is 4.65. The van der Waals surface area contributed by atoms with E-state index in [9.17, 15) is 0 Å². The lowest BCUT2D eigenvalue weighted by Gasteiger charge is -2.14. The van der Waals surface area contributed by atoms with Crippen molar-refractivity contribution in [3.63, 3.8) is 0 Å². The normalized spacial score (nSPS) is 12.3. The number of aryl methyl sites for hydroxylation is 2. The van der Waals surface area contributed by atoms with Crippen LogP contribution in [0.4, 0.5) is 0 Å². The van der Waals surface area contributed by atoms with Crippen molar-refractivity contribution in [2.45, 2.75) is 19.2 Å². The van der Waals surface area contributed by atoms with E-state index in [0.29, 0.717) is 0 Å². The summed E-state index contributed by atoms with van der Waals surface area (Å²) in [6.45, 7) is 4.07. The predicted octanol–water partition coefficient (Wildman–Crippen LogP) is 4.71. The van der Waals surface area contributed by atoms with Crippen molar-refractivity contribution in [1.29, 1.82) is 0 Å². The summed E-state index contributed by atoms with van der Waals surface area (Å²) in [4.78, 5) is 1.09. The van der Waals surface area contributed by atoms with E-state index in [2.05, 4.69) is 12.1 Å². The summed E-state index contributed by atoms with van der Waals surface area (Å²) in [5, 5.41) is 1.81. The van der Waals surface area contributed by atoms with E-state index < -0.39 is 0 Å². The molecule has 1 aromatic heterocycles. The Bertz CT molecular complexity index is 554. The number of thiophene rings is 1. The van der Waals surface area contributed by atoms with Crippen LogP contribution in [-0.4, -0.2) is 14.2 Å². The topological polar surface area (TPSA) is 18.5 Å². The number of methoxy groups -OCH3 is 2. The maximum absolute atomic E-state index is 6.56. The maximum Gasteiger partial charge on any atom is 0.129 e. The molecule has 1 heterocycles. The van der Waals surface area contributed by atoms with Crippen molar-refractivity contribution in [2.75, 3.05) is 14.2 Å². The zero-order chi connectivity index (χ0) is 14.0. The molecule has 0 saturated carbocycles. The average Bonchev–Trinajstić information content (AvgIpc) is 2.86. The number of halogens is 1. The minimum Gasteiger partial charge on any atom is -0.496 e. The monoisotopic (exact) mass is 296 g/mol. The van der Waals surface area contributed by atoms with Crippen molar-refractivity contribution < 1.29 is 9.47 Å². The molecule has 2 rings (SSSR count). The highest BCUT2D eigenvalue weighted by atomic mass is 35.5. The van der Waals surface area contributed by atoms with Gasteiger partial charge < -0.3 is 9.47 Å². The molecule has 0 aliphatic carbocycles. The third kappa shape index (κ3) is 2.88. The van der Waals surface area contributed by atoms with Gasteiger partial charge in [0.15, 0.2) is 0 Å². The highest BCUT2D eigenvalue weighted by molar-refractivity contribution is 7.10. The van der Waals surface area contributed by atoms with Gasteiger partial charge in [0.2, 0.25) is 0 Å². The van der Waals surface area contributed by atoms with Gasteiger partial charge in [0.05, 0.1) is 19.6 Å². The maximum atomic E-state index is 6.56. The van der Waals surface area contributed by atoms with Gasteiger partial charge in [0.25, 0.3) is 0 Å². The van der Waals surface area contributed by atoms with Crippen molar-refractivity contribution in [3.8, 4) is 11.5 Å². The smallest absolute Gasteiger partial charge is 0.129 e. The van der Waals surface area contributed by atoms with E-state index in [0.717, 1.165) is 33.1 Å². The van der Waals surface area contributed by atoms with Crippen molar-refractivity contribution >= 4 is 22.9 Å². The van der Waals surface area contributed by atoms with Gasteiger partial charge in [0.1, 0.15) is 11.5 Å². The highest BCUT2D eigenvalue weighted by Gasteiger charge is 2.16. The van der Waals surface area contributed by atoms with E-state index in [4.69, 9.17) is 21.1 Å². The van der Waals surface area contributed by atoms with Gasteiger partial charge in [-0.05, 0) is 36.6 Å². The Morgan fingerprint density at radius 1 is 1.05 bits per heavy atom. The summed E-state index contributed by atoms with van der Waals surface area (Å²) >= 11 is 8.17. The van der Waals surface area contributed by atoms with Crippen LogP contribution >= 0.6 is 22.9 Å². The molecule has 2 nitrogen and oxygen atoms in total. The molecule has 1 atom stereocenters. The number of hydrogen-bond donors (Lipinski definition) is 0. The lowest BCUT2D eigenvalue weighted by Crippen LogP contribution is -1.96. The molecule has 1 aromatic carbocycles. The fourth-order valence-corrected chi connectivity index (χ4v) is 3.39. The van der Waals surface area contributed by atoms with Crippen LogP contribution in [0.5, 0.6) is 11.5 Å². The molecule has 0 radical (unpaired) electrons. The lowest BCUT2D eigenvalue weighted by atomic mass is 10.0. The molecule has 102 valence electrons. The summed E-state index contributed by atoms with van der Waals surface area (Å²) < 4.78 is 10.6. The third-order valence-electron chi connectivity index (χ3n) is 3.06. The number of rotatable bonds is 4. The van der Waals surface area contributed by atoms with Crippen molar-refractivity contribution in [2.24, 2.45) is 0 Å². The average molecular weight is 297 g/mol. The molecule has 0 spiro atoms. The van der Waals surface area contributed by atoms with Crippen LogP contribution in [0.2, 0.25) is 0 Å². The minimum atomic E-state index is -0.155. The lowest BCUT2D eigenvalue weighted by molar-refractivity contribution is 0.408. The predicted molar refractivity (Wildman–Crippen MR) is 81.0 cm³/mol. The van der Waals surface area contributed by atoms with E-state index in [1.165, 1.54) is 0 Å². The van der Waals surface area contributed by atoms with Gasteiger partial charge in [0, 0.05) is 10.3 Å². The van der Waals surface area contributed by atoms with Gasteiger partial charge in [-0.2, -0.15) is 0 Å².